The molecule has 0 bridgehead atoms. The number of benzene rings is 4. The molecule has 0 aliphatic carbocycles. The smallest absolute Gasteiger partial charge is 0.303 e. The Morgan fingerprint density at radius 3 is 2.00 bits per heavy atom. The van der Waals surface area contributed by atoms with Crippen molar-refractivity contribution in [2.24, 2.45) is 0 Å². The predicted molar refractivity (Wildman–Crippen MR) is 178 cm³/mol. The minimum absolute atomic E-state index is 0.197. The summed E-state index contributed by atoms with van der Waals surface area (Å²) in [7, 11) is 9.70. The molecule has 4 aromatic rings. The van der Waals surface area contributed by atoms with Crippen LogP contribution in [0.4, 0.5) is 0 Å². The van der Waals surface area contributed by atoms with E-state index in [-0.39, 0.29) is 12.0 Å². The second-order valence-electron chi connectivity index (χ2n) is 11.6. The van der Waals surface area contributed by atoms with E-state index in [1.54, 1.807) is 48.7 Å². The van der Waals surface area contributed by atoms with E-state index in [0.717, 1.165) is 33.6 Å². The molecule has 252 valence electrons. The zero-order valence-electron chi connectivity index (χ0n) is 28.2. The van der Waals surface area contributed by atoms with Gasteiger partial charge in [-0.05, 0) is 42.3 Å². The van der Waals surface area contributed by atoms with E-state index in [9.17, 15) is 4.79 Å². The Morgan fingerprint density at radius 1 is 0.667 bits per heavy atom. The van der Waals surface area contributed by atoms with Crippen molar-refractivity contribution in [3.05, 3.63) is 94.5 Å². The Kier molecular flexibility index (Phi) is 9.43. The van der Waals surface area contributed by atoms with E-state index in [1.165, 1.54) is 6.92 Å². The minimum Gasteiger partial charge on any atom is -0.497 e. The van der Waals surface area contributed by atoms with Crippen LogP contribution in [-0.2, 0) is 16.0 Å². The summed E-state index contributed by atoms with van der Waals surface area (Å²) >= 11 is 0. The van der Waals surface area contributed by atoms with Gasteiger partial charge in [-0.25, -0.2) is 0 Å². The molecular formula is C38H40O10. The van der Waals surface area contributed by atoms with Gasteiger partial charge >= 0.3 is 5.97 Å². The lowest BCUT2D eigenvalue weighted by Gasteiger charge is -2.37. The SMILES string of the molecule is COc1ccc([C@@H]2C[C@H](c3c(OC)cc4c(c3OC)C[C@@H](OC(C)=O)[C@@H](c3ccc(OC)c(OC)c3)O4)c3ccc(OC)cc3O2)cc1. The normalized spacial score (nSPS) is 19.4. The number of rotatable bonds is 10. The molecule has 0 amide bonds. The molecular weight excluding hydrogens is 616 g/mol. The van der Waals surface area contributed by atoms with E-state index in [0.29, 0.717) is 53.1 Å². The Morgan fingerprint density at radius 2 is 1.35 bits per heavy atom. The van der Waals surface area contributed by atoms with Crippen molar-refractivity contribution in [1.29, 1.82) is 0 Å². The van der Waals surface area contributed by atoms with Gasteiger partial charge in [-0.15, -0.1) is 0 Å². The summed E-state index contributed by atoms with van der Waals surface area (Å²) in [5.41, 5.74) is 4.36. The van der Waals surface area contributed by atoms with Gasteiger partial charge in [-0.3, -0.25) is 4.79 Å². The molecule has 0 fully saturated rings. The second kappa shape index (κ2) is 13.9. The van der Waals surface area contributed by atoms with Crippen LogP contribution in [0.25, 0.3) is 0 Å². The summed E-state index contributed by atoms with van der Waals surface area (Å²) in [6.45, 7) is 1.39. The summed E-state index contributed by atoms with van der Waals surface area (Å²) in [6.07, 6.45) is -0.627. The van der Waals surface area contributed by atoms with Crippen molar-refractivity contribution in [3.63, 3.8) is 0 Å². The summed E-state index contributed by atoms with van der Waals surface area (Å²) in [4.78, 5) is 12.4. The number of hydrogen-bond donors (Lipinski definition) is 0. The molecule has 4 atom stereocenters. The number of fused-ring (bicyclic) bond motifs is 2. The second-order valence-corrected chi connectivity index (χ2v) is 11.6. The van der Waals surface area contributed by atoms with E-state index in [1.807, 2.05) is 60.7 Å². The first kappa shape index (κ1) is 32.7. The van der Waals surface area contributed by atoms with Crippen LogP contribution in [0.3, 0.4) is 0 Å². The van der Waals surface area contributed by atoms with Gasteiger partial charge < -0.3 is 42.6 Å². The van der Waals surface area contributed by atoms with Crippen LogP contribution in [0.15, 0.2) is 66.7 Å². The average Bonchev–Trinajstić information content (AvgIpc) is 3.12. The van der Waals surface area contributed by atoms with Gasteiger partial charge in [0.2, 0.25) is 0 Å². The summed E-state index contributed by atoms with van der Waals surface area (Å²) in [5.74, 6) is 4.44. The zero-order valence-corrected chi connectivity index (χ0v) is 28.2. The van der Waals surface area contributed by atoms with Crippen LogP contribution in [0.2, 0.25) is 0 Å². The molecule has 10 heteroatoms. The third-order valence-electron chi connectivity index (χ3n) is 8.97. The van der Waals surface area contributed by atoms with Gasteiger partial charge in [0.1, 0.15) is 46.7 Å². The molecule has 0 unspecified atom stereocenters. The highest BCUT2D eigenvalue weighted by atomic mass is 16.6. The van der Waals surface area contributed by atoms with Gasteiger partial charge in [0.05, 0.1) is 42.7 Å². The number of hydrogen-bond acceptors (Lipinski definition) is 10. The van der Waals surface area contributed by atoms with Crippen molar-refractivity contribution in [2.45, 2.75) is 44.0 Å². The highest BCUT2D eigenvalue weighted by Gasteiger charge is 2.41. The maximum Gasteiger partial charge on any atom is 0.303 e. The first-order valence-corrected chi connectivity index (χ1v) is 15.6. The number of carbonyl (C=O) groups excluding carboxylic acids is 1. The molecule has 0 saturated heterocycles. The number of ether oxygens (including phenoxy) is 9. The Hall–Kier alpha value is -5.25. The Labute approximate surface area is 280 Å². The molecule has 2 aliphatic heterocycles. The highest BCUT2D eigenvalue weighted by molar-refractivity contribution is 5.67. The van der Waals surface area contributed by atoms with Gasteiger partial charge in [-0.2, -0.15) is 0 Å². The molecule has 4 aromatic carbocycles. The lowest BCUT2D eigenvalue weighted by molar-refractivity contribution is -0.152. The van der Waals surface area contributed by atoms with E-state index in [4.69, 9.17) is 42.6 Å². The topological polar surface area (TPSA) is 100 Å². The van der Waals surface area contributed by atoms with Crippen LogP contribution in [0, 0.1) is 0 Å². The Balaban J connectivity index is 1.48. The molecule has 10 nitrogen and oxygen atoms in total. The molecule has 0 aromatic heterocycles. The summed E-state index contributed by atoms with van der Waals surface area (Å²) in [6, 6.07) is 21.1. The van der Waals surface area contributed by atoms with Gasteiger partial charge in [0.25, 0.3) is 0 Å². The molecule has 0 N–H and O–H groups in total. The standard InChI is InChI=1S/C38H40O10/c1-21(39)46-35-19-28-32(48-37(35)23-10-15-29(42-4)33(16-23)43-5)20-34(44-6)36(38(28)45-7)27-18-30(22-8-11-24(40-2)12-9-22)47-31-17-25(41-3)13-14-26(27)31/h8-17,20,27,30,35,37H,18-19H2,1-7H3/t27-,30-,35+,37+/m0/s1. The fourth-order valence-electron chi connectivity index (χ4n) is 6.72. The molecule has 2 heterocycles. The number of methoxy groups -OCH3 is 6. The summed E-state index contributed by atoms with van der Waals surface area (Å²) in [5, 5.41) is 0. The quantitative estimate of drug-likeness (QED) is 0.166. The van der Waals surface area contributed by atoms with Crippen molar-refractivity contribution in [1.82, 2.24) is 0 Å². The molecule has 6 rings (SSSR count). The van der Waals surface area contributed by atoms with Crippen molar-refractivity contribution >= 4 is 5.97 Å². The number of carbonyl (C=O) groups is 1. The lowest BCUT2D eigenvalue weighted by Crippen LogP contribution is -2.34. The molecule has 2 aliphatic rings. The van der Waals surface area contributed by atoms with Crippen LogP contribution in [0.5, 0.6) is 46.0 Å². The van der Waals surface area contributed by atoms with Crippen LogP contribution in [-0.4, -0.2) is 54.7 Å². The van der Waals surface area contributed by atoms with E-state index >= 15 is 0 Å². The van der Waals surface area contributed by atoms with Crippen molar-refractivity contribution in [3.8, 4) is 46.0 Å². The third kappa shape index (κ3) is 6.10. The minimum atomic E-state index is -0.651. The number of esters is 1. The maximum atomic E-state index is 12.4. The van der Waals surface area contributed by atoms with Crippen LogP contribution < -0.4 is 37.9 Å². The predicted octanol–water partition coefficient (Wildman–Crippen LogP) is 7.00. The first-order valence-electron chi connectivity index (χ1n) is 15.6. The zero-order chi connectivity index (χ0) is 33.9. The van der Waals surface area contributed by atoms with Gasteiger partial charge in [-0.1, -0.05) is 24.3 Å². The summed E-state index contributed by atoms with van der Waals surface area (Å²) < 4.78 is 53.4. The first-order chi connectivity index (χ1) is 23.3. The molecule has 48 heavy (non-hydrogen) atoms. The fourth-order valence-corrected chi connectivity index (χ4v) is 6.72. The van der Waals surface area contributed by atoms with Crippen LogP contribution in [0.1, 0.15) is 59.3 Å². The average molecular weight is 657 g/mol. The largest absolute Gasteiger partial charge is 0.497 e. The van der Waals surface area contributed by atoms with Crippen LogP contribution >= 0.6 is 0 Å². The highest BCUT2D eigenvalue weighted by Crippen LogP contribution is 2.55. The maximum absolute atomic E-state index is 12.4. The Bertz CT molecular complexity index is 1780. The fraction of sp³-hybridized carbons (Fsp3) is 0.342. The van der Waals surface area contributed by atoms with E-state index < -0.39 is 18.2 Å². The van der Waals surface area contributed by atoms with Gasteiger partial charge in [0, 0.05) is 53.6 Å². The van der Waals surface area contributed by atoms with Gasteiger partial charge in [0.15, 0.2) is 17.6 Å². The molecule has 0 radical (unpaired) electrons. The molecule has 0 saturated carbocycles. The lowest BCUT2D eigenvalue weighted by atomic mass is 9.80. The monoisotopic (exact) mass is 656 g/mol. The third-order valence-corrected chi connectivity index (χ3v) is 8.97. The van der Waals surface area contributed by atoms with Crippen molar-refractivity contribution < 1.29 is 47.4 Å². The van der Waals surface area contributed by atoms with Crippen molar-refractivity contribution in [2.75, 3.05) is 42.7 Å². The van der Waals surface area contributed by atoms with E-state index in [2.05, 4.69) is 0 Å². The molecule has 0 spiro atoms.